The first-order valence-corrected chi connectivity index (χ1v) is 11.3. The van der Waals surface area contributed by atoms with E-state index >= 15 is 0 Å². The molecule has 0 atom stereocenters. The van der Waals surface area contributed by atoms with Gasteiger partial charge in [0.05, 0.1) is 19.9 Å². The van der Waals surface area contributed by atoms with Gasteiger partial charge in [0.2, 0.25) is 5.88 Å². The SMILES string of the molecule is CCCCNc1nc2c(c(NCCC)c1C#N)Cc1cc(OC)c(OC)cc1O2.O=C(O)C(F)(F)F. The molecular formula is C24H29F3N4O5. The Morgan fingerprint density at radius 1 is 1.17 bits per heavy atom. The molecule has 1 aliphatic heterocycles. The predicted molar refractivity (Wildman–Crippen MR) is 127 cm³/mol. The van der Waals surface area contributed by atoms with E-state index in [0.717, 1.165) is 49.2 Å². The van der Waals surface area contributed by atoms with Crippen LogP contribution in [0.25, 0.3) is 0 Å². The summed E-state index contributed by atoms with van der Waals surface area (Å²) >= 11 is 0. The zero-order chi connectivity index (χ0) is 26.9. The van der Waals surface area contributed by atoms with E-state index in [1.54, 1.807) is 14.2 Å². The topological polar surface area (TPSA) is 126 Å². The Morgan fingerprint density at radius 3 is 2.33 bits per heavy atom. The van der Waals surface area contributed by atoms with E-state index in [1.807, 2.05) is 12.1 Å². The van der Waals surface area contributed by atoms with Crippen LogP contribution in [0.2, 0.25) is 0 Å². The molecule has 9 nitrogen and oxygen atoms in total. The monoisotopic (exact) mass is 510 g/mol. The maximum Gasteiger partial charge on any atom is 0.490 e. The molecule has 12 heteroatoms. The quantitative estimate of drug-likeness (QED) is 0.327. The highest BCUT2D eigenvalue weighted by molar-refractivity contribution is 5.76. The van der Waals surface area contributed by atoms with Crippen LogP contribution in [0.4, 0.5) is 24.7 Å². The van der Waals surface area contributed by atoms with Gasteiger partial charge in [-0.2, -0.15) is 23.4 Å². The molecule has 0 spiro atoms. The molecule has 0 aliphatic carbocycles. The number of benzene rings is 1. The Bertz CT molecular complexity index is 1120. The molecule has 0 saturated heterocycles. The number of ether oxygens (including phenoxy) is 3. The first-order chi connectivity index (χ1) is 17.1. The first kappa shape index (κ1) is 28.4. The summed E-state index contributed by atoms with van der Waals surface area (Å²) in [4.78, 5) is 13.5. The minimum Gasteiger partial charge on any atom is -0.493 e. The van der Waals surface area contributed by atoms with Gasteiger partial charge in [0, 0.05) is 36.7 Å². The lowest BCUT2D eigenvalue weighted by Crippen LogP contribution is -2.21. The van der Waals surface area contributed by atoms with Gasteiger partial charge < -0.3 is 30.0 Å². The van der Waals surface area contributed by atoms with Gasteiger partial charge in [0.15, 0.2) is 11.5 Å². The number of nitrogens with one attached hydrogen (secondary N) is 2. The number of fused-ring (bicyclic) bond motifs is 2. The zero-order valence-corrected chi connectivity index (χ0v) is 20.5. The third-order valence-corrected chi connectivity index (χ3v) is 5.13. The van der Waals surface area contributed by atoms with Crippen LogP contribution in [0.1, 0.15) is 49.8 Å². The second kappa shape index (κ2) is 12.7. The van der Waals surface area contributed by atoms with Crippen molar-refractivity contribution in [3.8, 4) is 29.2 Å². The standard InChI is InChI=1S/C22H28N4O3.C2HF3O2/c1-5-7-9-25-21-16(13-23)20(24-8-6-2)15-10-14-11-18(27-3)19(28-4)12-17(14)29-22(15)26-21;3-2(4,5)1(6)7/h11-12H,5-10H2,1-4H3,(H2,24,25,26);(H,6,7). The van der Waals surface area contributed by atoms with Crippen LogP contribution < -0.4 is 24.8 Å². The Balaban J connectivity index is 0.000000572. The maximum atomic E-state index is 10.6. The van der Waals surface area contributed by atoms with E-state index in [0.29, 0.717) is 40.9 Å². The lowest BCUT2D eigenvalue weighted by molar-refractivity contribution is -0.192. The molecule has 0 amide bonds. The van der Waals surface area contributed by atoms with Crippen molar-refractivity contribution in [1.29, 1.82) is 5.26 Å². The van der Waals surface area contributed by atoms with Gasteiger partial charge in [-0.3, -0.25) is 0 Å². The van der Waals surface area contributed by atoms with E-state index in [2.05, 4.69) is 35.5 Å². The number of nitrogens with zero attached hydrogens (tertiary/aromatic N) is 2. The number of pyridine rings is 1. The summed E-state index contributed by atoms with van der Waals surface area (Å²) < 4.78 is 48.7. The fraction of sp³-hybridized carbons (Fsp3) is 0.458. The smallest absolute Gasteiger partial charge is 0.490 e. The summed E-state index contributed by atoms with van der Waals surface area (Å²) in [6.07, 6.45) is -1.48. The number of halogens is 3. The Morgan fingerprint density at radius 2 is 1.81 bits per heavy atom. The molecule has 1 aromatic carbocycles. The lowest BCUT2D eigenvalue weighted by Gasteiger charge is -2.25. The van der Waals surface area contributed by atoms with Crippen molar-refractivity contribution in [2.24, 2.45) is 0 Å². The number of hydrogen-bond donors (Lipinski definition) is 3. The summed E-state index contributed by atoms with van der Waals surface area (Å²) in [6, 6.07) is 6.06. The minimum atomic E-state index is -5.08. The minimum absolute atomic E-state index is 0.515. The van der Waals surface area contributed by atoms with E-state index in [4.69, 9.17) is 24.1 Å². The number of carboxylic acid groups (broad SMARTS) is 1. The highest BCUT2D eigenvalue weighted by Gasteiger charge is 2.38. The summed E-state index contributed by atoms with van der Waals surface area (Å²) in [6.45, 7) is 5.74. The largest absolute Gasteiger partial charge is 0.493 e. The zero-order valence-electron chi connectivity index (χ0n) is 20.5. The van der Waals surface area contributed by atoms with Crippen LogP contribution in [0, 0.1) is 11.3 Å². The third-order valence-electron chi connectivity index (χ3n) is 5.13. The number of unbranched alkanes of at least 4 members (excludes halogenated alkanes) is 1. The van der Waals surface area contributed by atoms with Crippen LogP contribution >= 0.6 is 0 Å². The van der Waals surface area contributed by atoms with Crippen LogP contribution in [0.5, 0.6) is 23.1 Å². The normalized spacial score (nSPS) is 11.5. The van der Waals surface area contributed by atoms with Crippen molar-refractivity contribution < 1.29 is 37.3 Å². The number of methoxy groups -OCH3 is 2. The van der Waals surface area contributed by atoms with Crippen molar-refractivity contribution in [3.05, 3.63) is 28.8 Å². The molecule has 2 heterocycles. The van der Waals surface area contributed by atoms with Crippen molar-refractivity contribution in [3.63, 3.8) is 0 Å². The summed E-state index contributed by atoms with van der Waals surface area (Å²) in [7, 11) is 3.21. The highest BCUT2D eigenvalue weighted by Crippen LogP contribution is 2.45. The molecule has 3 N–H and O–H groups in total. The van der Waals surface area contributed by atoms with Crippen LogP contribution in [0.3, 0.4) is 0 Å². The van der Waals surface area contributed by atoms with E-state index in [-0.39, 0.29) is 0 Å². The Hall–Kier alpha value is -3.88. The molecule has 0 saturated carbocycles. The van der Waals surface area contributed by atoms with Crippen molar-refractivity contribution in [2.75, 3.05) is 37.9 Å². The van der Waals surface area contributed by atoms with Crippen LogP contribution in [-0.2, 0) is 11.2 Å². The molecule has 0 bridgehead atoms. The molecule has 1 aromatic heterocycles. The number of anilines is 2. The summed E-state index contributed by atoms with van der Waals surface area (Å²) in [5, 5.41) is 23.7. The predicted octanol–water partition coefficient (Wildman–Crippen LogP) is 5.33. The molecule has 0 unspecified atom stereocenters. The number of aliphatic carboxylic acids is 1. The number of carbonyl (C=O) groups is 1. The van der Waals surface area contributed by atoms with E-state index in [1.165, 1.54) is 0 Å². The number of nitriles is 1. The molecule has 196 valence electrons. The average molecular weight is 511 g/mol. The van der Waals surface area contributed by atoms with Gasteiger partial charge in [0.25, 0.3) is 0 Å². The summed E-state index contributed by atoms with van der Waals surface area (Å²) in [5.41, 5.74) is 3.17. The number of rotatable bonds is 9. The second-order valence-corrected chi connectivity index (χ2v) is 7.71. The molecular weight excluding hydrogens is 481 g/mol. The van der Waals surface area contributed by atoms with Gasteiger partial charge in [0.1, 0.15) is 23.2 Å². The van der Waals surface area contributed by atoms with Gasteiger partial charge in [-0.05, 0) is 18.9 Å². The van der Waals surface area contributed by atoms with Gasteiger partial charge >= 0.3 is 12.1 Å². The third kappa shape index (κ3) is 6.84. The van der Waals surface area contributed by atoms with Crippen molar-refractivity contribution >= 4 is 17.5 Å². The number of aromatic nitrogens is 1. The van der Waals surface area contributed by atoms with E-state index in [9.17, 15) is 18.4 Å². The lowest BCUT2D eigenvalue weighted by atomic mass is 9.98. The molecule has 1 aliphatic rings. The van der Waals surface area contributed by atoms with Crippen LogP contribution in [0.15, 0.2) is 12.1 Å². The van der Waals surface area contributed by atoms with Gasteiger partial charge in [-0.15, -0.1) is 0 Å². The van der Waals surface area contributed by atoms with Gasteiger partial charge in [-0.25, -0.2) is 4.79 Å². The fourth-order valence-corrected chi connectivity index (χ4v) is 3.35. The molecule has 2 aromatic rings. The molecule has 36 heavy (non-hydrogen) atoms. The number of hydrogen-bond acceptors (Lipinski definition) is 8. The average Bonchev–Trinajstić information content (AvgIpc) is 2.85. The summed E-state index contributed by atoms with van der Waals surface area (Å²) in [5.74, 6) is 0.256. The maximum absolute atomic E-state index is 10.6. The molecule has 0 radical (unpaired) electrons. The number of carboxylic acids is 1. The fourth-order valence-electron chi connectivity index (χ4n) is 3.35. The highest BCUT2D eigenvalue weighted by atomic mass is 19.4. The second-order valence-electron chi connectivity index (χ2n) is 7.71. The van der Waals surface area contributed by atoms with Crippen molar-refractivity contribution in [1.82, 2.24) is 4.98 Å². The van der Waals surface area contributed by atoms with Crippen molar-refractivity contribution in [2.45, 2.75) is 45.7 Å². The van der Waals surface area contributed by atoms with Crippen LogP contribution in [-0.4, -0.2) is 49.5 Å². The Labute approximate surface area is 207 Å². The van der Waals surface area contributed by atoms with Gasteiger partial charge in [-0.1, -0.05) is 20.3 Å². The van der Waals surface area contributed by atoms with E-state index < -0.39 is 12.1 Å². The molecule has 0 fully saturated rings. The Kier molecular flexibility index (Phi) is 10.0. The number of alkyl halides is 3. The molecule has 3 rings (SSSR count). The first-order valence-electron chi connectivity index (χ1n) is 11.3.